The molecule has 0 spiro atoms. The van der Waals surface area contributed by atoms with Crippen LogP contribution in [0.2, 0.25) is 0 Å². The molecule has 0 unspecified atom stereocenters. The van der Waals surface area contributed by atoms with Crippen LogP contribution in [0.1, 0.15) is 31.4 Å². The lowest BCUT2D eigenvalue weighted by Crippen LogP contribution is -2.30. The van der Waals surface area contributed by atoms with E-state index in [1.807, 2.05) is 13.0 Å². The van der Waals surface area contributed by atoms with Gasteiger partial charge in [0.25, 0.3) is 0 Å². The molecule has 0 saturated heterocycles. The molecule has 3 aromatic carbocycles. The molecule has 0 bridgehead atoms. The summed E-state index contributed by atoms with van der Waals surface area (Å²) in [6.45, 7) is 2.54. The molecule has 8 nitrogen and oxygen atoms in total. The van der Waals surface area contributed by atoms with Gasteiger partial charge in [-0.3, -0.25) is 4.79 Å². The molecule has 34 heavy (non-hydrogen) atoms. The normalized spacial score (nSPS) is 12.0. The summed E-state index contributed by atoms with van der Waals surface area (Å²) in [5, 5.41) is 14.7. The summed E-state index contributed by atoms with van der Waals surface area (Å²) >= 11 is 0. The summed E-state index contributed by atoms with van der Waals surface area (Å²) in [5.41, 5.74) is 2.75. The van der Waals surface area contributed by atoms with Gasteiger partial charge in [0.2, 0.25) is 10.0 Å². The number of hydrogen-bond donors (Lipinski definition) is 4. The number of benzene rings is 3. The van der Waals surface area contributed by atoms with E-state index in [1.54, 1.807) is 60.7 Å². The van der Waals surface area contributed by atoms with E-state index in [1.165, 1.54) is 12.1 Å². The van der Waals surface area contributed by atoms with Crippen LogP contribution >= 0.6 is 0 Å². The van der Waals surface area contributed by atoms with Crippen molar-refractivity contribution >= 4 is 27.7 Å². The van der Waals surface area contributed by atoms with E-state index in [4.69, 9.17) is 0 Å². The van der Waals surface area contributed by atoms with E-state index in [9.17, 15) is 23.1 Å². The highest BCUT2D eigenvalue weighted by Crippen LogP contribution is 2.25. The van der Waals surface area contributed by atoms with Crippen LogP contribution in [0.25, 0.3) is 11.1 Å². The summed E-state index contributed by atoms with van der Waals surface area (Å²) < 4.78 is 28.4. The van der Waals surface area contributed by atoms with Crippen molar-refractivity contribution in [3.05, 3.63) is 84.4 Å². The minimum atomic E-state index is -3.96. The molecule has 9 heteroatoms. The van der Waals surface area contributed by atoms with Crippen molar-refractivity contribution in [2.45, 2.75) is 30.7 Å². The Morgan fingerprint density at radius 2 is 1.62 bits per heavy atom. The smallest absolute Gasteiger partial charge is 0.319 e. The second kappa shape index (κ2) is 11.4. The fourth-order valence-electron chi connectivity index (χ4n) is 3.36. The standard InChI is InChI=1S/C25H27N3O5S/c1-2-15-26-25(31)27-21-10-6-9-20(16-21)18-11-13-22(14-12-18)34(32,33)28-23(17-24(29)30)19-7-4-3-5-8-19/h3-14,16,23,28H,2,15,17H2,1H3,(H,29,30)(H2,26,27,31)/t23-/m1/s1. The first-order valence-corrected chi connectivity index (χ1v) is 12.3. The summed E-state index contributed by atoms with van der Waals surface area (Å²) in [6.07, 6.45) is 0.451. The Kier molecular flexibility index (Phi) is 8.39. The van der Waals surface area contributed by atoms with Crippen LogP contribution in [0.5, 0.6) is 0 Å². The van der Waals surface area contributed by atoms with Crippen LogP contribution < -0.4 is 15.4 Å². The number of carbonyl (C=O) groups excluding carboxylic acids is 1. The molecule has 0 radical (unpaired) electrons. The first-order chi connectivity index (χ1) is 16.3. The van der Waals surface area contributed by atoms with Gasteiger partial charge in [-0.25, -0.2) is 17.9 Å². The van der Waals surface area contributed by atoms with Crippen LogP contribution in [-0.4, -0.2) is 32.1 Å². The number of hydrogen-bond acceptors (Lipinski definition) is 4. The maximum absolute atomic E-state index is 12.9. The number of carbonyl (C=O) groups is 2. The molecule has 0 fully saturated rings. The Bertz CT molecular complexity index is 1230. The van der Waals surface area contributed by atoms with Crippen LogP contribution in [0.15, 0.2) is 83.8 Å². The molecule has 1 atom stereocenters. The Balaban J connectivity index is 1.77. The number of rotatable bonds is 10. The third kappa shape index (κ3) is 6.90. The number of urea groups is 1. The molecular formula is C25H27N3O5S. The topological polar surface area (TPSA) is 125 Å². The molecule has 2 amide bonds. The highest BCUT2D eigenvalue weighted by atomic mass is 32.2. The SMILES string of the molecule is CCCNC(=O)Nc1cccc(-c2ccc(S(=O)(=O)N[C@H](CC(=O)O)c3ccccc3)cc2)c1. The maximum Gasteiger partial charge on any atom is 0.319 e. The number of aliphatic carboxylic acids is 1. The van der Waals surface area contributed by atoms with Gasteiger partial charge in [0, 0.05) is 12.2 Å². The van der Waals surface area contributed by atoms with E-state index in [0.717, 1.165) is 17.5 Å². The Morgan fingerprint density at radius 1 is 0.912 bits per heavy atom. The van der Waals surface area contributed by atoms with Gasteiger partial charge in [-0.15, -0.1) is 0 Å². The Morgan fingerprint density at radius 3 is 2.26 bits per heavy atom. The molecule has 0 aliphatic rings. The molecule has 0 aromatic heterocycles. The van der Waals surface area contributed by atoms with E-state index in [0.29, 0.717) is 17.8 Å². The zero-order valence-corrected chi connectivity index (χ0v) is 19.5. The first-order valence-electron chi connectivity index (χ1n) is 10.8. The van der Waals surface area contributed by atoms with Crippen molar-refractivity contribution in [2.24, 2.45) is 0 Å². The molecule has 178 valence electrons. The zero-order valence-electron chi connectivity index (χ0n) is 18.7. The van der Waals surface area contributed by atoms with Crippen LogP contribution in [0.4, 0.5) is 10.5 Å². The molecule has 0 aliphatic heterocycles. The zero-order chi connectivity index (χ0) is 24.6. The Labute approximate surface area is 199 Å². The van der Waals surface area contributed by atoms with Crippen molar-refractivity contribution in [1.29, 1.82) is 0 Å². The van der Waals surface area contributed by atoms with Gasteiger partial charge in [0.05, 0.1) is 17.4 Å². The average Bonchev–Trinajstić information content (AvgIpc) is 2.83. The predicted octanol–water partition coefficient (Wildman–Crippen LogP) is 4.38. The van der Waals surface area contributed by atoms with Gasteiger partial charge in [0.15, 0.2) is 0 Å². The molecule has 4 N–H and O–H groups in total. The number of carboxylic acids is 1. The lowest BCUT2D eigenvalue weighted by atomic mass is 10.1. The average molecular weight is 482 g/mol. The second-order valence-electron chi connectivity index (χ2n) is 7.67. The Hall–Kier alpha value is -3.69. The van der Waals surface area contributed by atoms with Gasteiger partial charge in [-0.05, 0) is 47.4 Å². The molecule has 0 aliphatic carbocycles. The van der Waals surface area contributed by atoms with Gasteiger partial charge >= 0.3 is 12.0 Å². The van der Waals surface area contributed by atoms with Gasteiger partial charge in [-0.1, -0.05) is 61.5 Å². The van der Waals surface area contributed by atoms with E-state index in [2.05, 4.69) is 15.4 Å². The fraction of sp³-hybridized carbons (Fsp3) is 0.200. The van der Waals surface area contributed by atoms with Crippen molar-refractivity contribution < 1.29 is 23.1 Å². The quantitative estimate of drug-likeness (QED) is 0.342. The third-order valence-corrected chi connectivity index (χ3v) is 6.52. The number of nitrogens with one attached hydrogen (secondary N) is 3. The van der Waals surface area contributed by atoms with E-state index in [-0.39, 0.29) is 17.3 Å². The van der Waals surface area contributed by atoms with Crippen molar-refractivity contribution in [3.63, 3.8) is 0 Å². The minimum absolute atomic E-state index is 0.0239. The minimum Gasteiger partial charge on any atom is -0.481 e. The molecule has 0 saturated carbocycles. The van der Waals surface area contributed by atoms with Crippen molar-refractivity contribution in [3.8, 4) is 11.1 Å². The number of amides is 2. The third-order valence-electron chi connectivity index (χ3n) is 5.03. The fourth-order valence-corrected chi connectivity index (χ4v) is 4.58. The number of sulfonamides is 1. The maximum atomic E-state index is 12.9. The van der Waals surface area contributed by atoms with Gasteiger partial charge in [-0.2, -0.15) is 0 Å². The highest BCUT2D eigenvalue weighted by molar-refractivity contribution is 7.89. The lowest BCUT2D eigenvalue weighted by Gasteiger charge is -2.18. The van der Waals surface area contributed by atoms with E-state index >= 15 is 0 Å². The summed E-state index contributed by atoms with van der Waals surface area (Å²) in [7, 11) is -3.96. The lowest BCUT2D eigenvalue weighted by molar-refractivity contribution is -0.137. The molecular weight excluding hydrogens is 454 g/mol. The van der Waals surface area contributed by atoms with Gasteiger partial charge in [0.1, 0.15) is 0 Å². The first kappa shape index (κ1) is 24.9. The number of anilines is 1. The highest BCUT2D eigenvalue weighted by Gasteiger charge is 2.23. The van der Waals surface area contributed by atoms with Gasteiger partial charge < -0.3 is 15.7 Å². The molecule has 3 aromatic rings. The predicted molar refractivity (Wildman–Crippen MR) is 131 cm³/mol. The number of carboxylic acid groups (broad SMARTS) is 1. The van der Waals surface area contributed by atoms with Crippen LogP contribution in [-0.2, 0) is 14.8 Å². The monoisotopic (exact) mass is 481 g/mol. The van der Waals surface area contributed by atoms with Crippen LogP contribution in [0, 0.1) is 0 Å². The second-order valence-corrected chi connectivity index (χ2v) is 9.38. The van der Waals surface area contributed by atoms with Crippen molar-refractivity contribution in [1.82, 2.24) is 10.0 Å². The van der Waals surface area contributed by atoms with Crippen LogP contribution in [0.3, 0.4) is 0 Å². The summed E-state index contributed by atoms with van der Waals surface area (Å²) in [6, 6.07) is 20.9. The summed E-state index contributed by atoms with van der Waals surface area (Å²) in [4.78, 5) is 23.2. The molecule has 3 rings (SSSR count). The summed E-state index contributed by atoms with van der Waals surface area (Å²) in [5.74, 6) is -1.11. The van der Waals surface area contributed by atoms with Crippen molar-refractivity contribution in [2.75, 3.05) is 11.9 Å². The molecule has 0 heterocycles. The van der Waals surface area contributed by atoms with E-state index < -0.39 is 22.0 Å². The largest absolute Gasteiger partial charge is 0.481 e.